The summed E-state index contributed by atoms with van der Waals surface area (Å²) in [7, 11) is 1.63. The van der Waals surface area contributed by atoms with Crippen LogP contribution in [0.4, 0.5) is 5.69 Å². The second kappa shape index (κ2) is 5.82. The Labute approximate surface area is 99.0 Å². The topological polar surface area (TPSA) is 88.2 Å². The van der Waals surface area contributed by atoms with E-state index >= 15 is 0 Å². The smallest absolute Gasteiger partial charge is 0.311 e. The molecule has 0 aliphatic carbocycles. The van der Waals surface area contributed by atoms with Crippen molar-refractivity contribution in [3.63, 3.8) is 0 Å². The quantitative estimate of drug-likeness (QED) is 0.615. The van der Waals surface area contributed by atoms with Gasteiger partial charge >= 0.3 is 5.69 Å². The Hall–Kier alpha value is -2.13. The Bertz CT molecular complexity index is 454. The van der Waals surface area contributed by atoms with E-state index in [-0.39, 0.29) is 18.0 Å². The van der Waals surface area contributed by atoms with E-state index in [9.17, 15) is 10.1 Å². The molecule has 0 aliphatic heterocycles. The Morgan fingerprint density at radius 3 is 2.88 bits per heavy atom. The summed E-state index contributed by atoms with van der Waals surface area (Å²) in [5.74, 6) is 0.177. The Morgan fingerprint density at radius 2 is 2.35 bits per heavy atom. The van der Waals surface area contributed by atoms with Crippen molar-refractivity contribution in [2.24, 2.45) is 0 Å². The fourth-order valence-corrected chi connectivity index (χ4v) is 1.25. The lowest BCUT2D eigenvalue weighted by molar-refractivity contribution is -0.385. The second-order valence-corrected chi connectivity index (χ2v) is 3.51. The summed E-state index contributed by atoms with van der Waals surface area (Å²) in [5.41, 5.74) is 0.701. The van der Waals surface area contributed by atoms with Crippen LogP contribution in [0.1, 0.15) is 5.56 Å². The molecule has 1 rings (SSSR count). The van der Waals surface area contributed by atoms with Crippen molar-refractivity contribution in [3.8, 4) is 11.8 Å². The van der Waals surface area contributed by atoms with Gasteiger partial charge in [0.25, 0.3) is 0 Å². The first-order chi connectivity index (χ1) is 8.08. The summed E-state index contributed by atoms with van der Waals surface area (Å²) in [6.45, 7) is 1.83. The first kappa shape index (κ1) is 12.9. The number of nitrogens with zero attached hydrogens (tertiary/aromatic N) is 2. The van der Waals surface area contributed by atoms with Crippen molar-refractivity contribution in [1.29, 1.82) is 5.26 Å². The average Bonchev–Trinajstić information content (AvgIpc) is 2.31. The normalized spacial score (nSPS) is 11.6. The van der Waals surface area contributed by atoms with Crippen LogP contribution in [-0.4, -0.2) is 24.6 Å². The van der Waals surface area contributed by atoms with Crippen molar-refractivity contribution < 1.29 is 9.66 Å². The molecule has 0 radical (unpaired) electrons. The minimum atomic E-state index is -0.497. The maximum Gasteiger partial charge on any atom is 0.311 e. The second-order valence-electron chi connectivity index (χ2n) is 3.51. The van der Waals surface area contributed by atoms with Gasteiger partial charge in [-0.15, -0.1) is 0 Å². The van der Waals surface area contributed by atoms with E-state index in [1.807, 2.05) is 6.07 Å². The van der Waals surface area contributed by atoms with Gasteiger partial charge in [0, 0.05) is 6.07 Å². The monoisotopic (exact) mass is 235 g/mol. The lowest BCUT2D eigenvalue weighted by Gasteiger charge is -2.10. The molecule has 0 heterocycles. The van der Waals surface area contributed by atoms with Gasteiger partial charge in [-0.2, -0.15) is 5.26 Å². The molecule has 1 unspecified atom stereocenters. The van der Waals surface area contributed by atoms with E-state index in [4.69, 9.17) is 10.00 Å². The lowest BCUT2D eigenvalue weighted by atomic mass is 10.2. The SMILES string of the molecule is CNC(C#N)COc1ccc(C)cc1[N+](=O)[O-]. The summed E-state index contributed by atoms with van der Waals surface area (Å²) in [5, 5.41) is 22.2. The van der Waals surface area contributed by atoms with Crippen molar-refractivity contribution in [2.45, 2.75) is 13.0 Å². The van der Waals surface area contributed by atoms with Crippen molar-refractivity contribution in [2.75, 3.05) is 13.7 Å². The molecule has 0 spiro atoms. The minimum absolute atomic E-state index is 0.0664. The highest BCUT2D eigenvalue weighted by Gasteiger charge is 2.16. The van der Waals surface area contributed by atoms with Gasteiger partial charge in [0.1, 0.15) is 12.6 Å². The van der Waals surface area contributed by atoms with Crippen molar-refractivity contribution in [1.82, 2.24) is 5.32 Å². The molecule has 0 saturated heterocycles. The average molecular weight is 235 g/mol. The third kappa shape index (κ3) is 3.43. The van der Waals surface area contributed by atoms with Gasteiger partial charge in [0.15, 0.2) is 5.75 Å². The van der Waals surface area contributed by atoms with E-state index in [2.05, 4.69) is 5.32 Å². The zero-order valence-electron chi connectivity index (χ0n) is 9.64. The predicted octanol–water partition coefficient (Wildman–Crippen LogP) is 1.39. The molecule has 0 amide bonds. The Kier molecular flexibility index (Phi) is 4.43. The van der Waals surface area contributed by atoms with Gasteiger partial charge in [-0.1, -0.05) is 6.07 Å². The molecule has 6 nitrogen and oxygen atoms in total. The van der Waals surface area contributed by atoms with E-state index < -0.39 is 11.0 Å². The van der Waals surface area contributed by atoms with Crippen LogP contribution >= 0.6 is 0 Å². The van der Waals surface area contributed by atoms with Crippen LogP contribution in [0, 0.1) is 28.4 Å². The number of likely N-dealkylation sites (N-methyl/N-ethyl adjacent to an activating group) is 1. The van der Waals surface area contributed by atoms with Gasteiger partial charge < -0.3 is 10.1 Å². The van der Waals surface area contributed by atoms with E-state index in [1.54, 1.807) is 20.0 Å². The van der Waals surface area contributed by atoms with Gasteiger partial charge in [-0.05, 0) is 25.6 Å². The number of hydrogen-bond acceptors (Lipinski definition) is 5. The number of benzene rings is 1. The van der Waals surface area contributed by atoms with Crippen molar-refractivity contribution in [3.05, 3.63) is 33.9 Å². The first-order valence-electron chi connectivity index (χ1n) is 5.03. The summed E-state index contributed by atoms with van der Waals surface area (Å²) >= 11 is 0. The van der Waals surface area contributed by atoms with Crippen LogP contribution in [0.3, 0.4) is 0 Å². The number of nitriles is 1. The molecule has 0 bridgehead atoms. The number of hydrogen-bond donors (Lipinski definition) is 1. The van der Waals surface area contributed by atoms with E-state index in [1.165, 1.54) is 12.1 Å². The number of rotatable bonds is 5. The zero-order chi connectivity index (χ0) is 12.8. The van der Waals surface area contributed by atoms with Crippen LogP contribution in [0.15, 0.2) is 18.2 Å². The highest BCUT2D eigenvalue weighted by Crippen LogP contribution is 2.27. The molecule has 1 aromatic carbocycles. The van der Waals surface area contributed by atoms with Gasteiger partial charge in [-0.3, -0.25) is 10.1 Å². The number of nitro groups is 1. The molecule has 1 atom stereocenters. The van der Waals surface area contributed by atoms with Gasteiger partial charge in [-0.25, -0.2) is 0 Å². The first-order valence-corrected chi connectivity index (χ1v) is 5.03. The Balaban J connectivity index is 2.84. The minimum Gasteiger partial charge on any atom is -0.484 e. The number of ether oxygens (including phenoxy) is 1. The molecule has 6 heteroatoms. The van der Waals surface area contributed by atoms with E-state index in [0.717, 1.165) is 5.56 Å². The maximum atomic E-state index is 10.8. The van der Waals surface area contributed by atoms with Gasteiger partial charge in [0.2, 0.25) is 0 Å². The van der Waals surface area contributed by atoms with Crippen LogP contribution in [-0.2, 0) is 0 Å². The van der Waals surface area contributed by atoms with Crippen LogP contribution in [0.2, 0.25) is 0 Å². The Morgan fingerprint density at radius 1 is 1.65 bits per heavy atom. The van der Waals surface area contributed by atoms with Crippen molar-refractivity contribution >= 4 is 5.69 Å². The summed E-state index contributed by atoms with van der Waals surface area (Å²) in [4.78, 5) is 10.3. The van der Waals surface area contributed by atoms with Crippen LogP contribution in [0.25, 0.3) is 0 Å². The molecular formula is C11H13N3O3. The number of aryl methyl sites for hydroxylation is 1. The molecule has 0 aromatic heterocycles. The molecule has 1 N–H and O–H groups in total. The van der Waals surface area contributed by atoms with Crippen LogP contribution < -0.4 is 10.1 Å². The fraction of sp³-hybridized carbons (Fsp3) is 0.364. The lowest BCUT2D eigenvalue weighted by Crippen LogP contribution is -2.30. The number of nitro benzene ring substituents is 1. The summed E-state index contributed by atoms with van der Waals surface area (Å²) in [6, 6.07) is 6.19. The van der Waals surface area contributed by atoms with E-state index in [0.29, 0.717) is 0 Å². The largest absolute Gasteiger partial charge is 0.484 e. The predicted molar refractivity (Wildman–Crippen MR) is 61.8 cm³/mol. The highest BCUT2D eigenvalue weighted by molar-refractivity contribution is 5.48. The molecule has 0 fully saturated rings. The molecule has 0 aliphatic rings. The zero-order valence-corrected chi connectivity index (χ0v) is 9.64. The maximum absolute atomic E-state index is 10.8. The third-order valence-electron chi connectivity index (χ3n) is 2.22. The molecule has 0 saturated carbocycles. The molecule has 1 aromatic rings. The summed E-state index contributed by atoms with van der Waals surface area (Å²) < 4.78 is 5.27. The number of nitrogens with one attached hydrogen (secondary N) is 1. The third-order valence-corrected chi connectivity index (χ3v) is 2.22. The molecule has 17 heavy (non-hydrogen) atoms. The standard InChI is InChI=1S/C11H13N3O3/c1-8-3-4-11(10(5-8)14(15)16)17-7-9(6-12)13-2/h3-5,9,13H,7H2,1-2H3. The van der Waals surface area contributed by atoms with Gasteiger partial charge in [0.05, 0.1) is 11.0 Å². The molecular weight excluding hydrogens is 222 g/mol. The fourth-order valence-electron chi connectivity index (χ4n) is 1.25. The summed E-state index contributed by atoms with van der Waals surface area (Å²) in [6.07, 6.45) is 0. The molecule has 90 valence electrons. The van der Waals surface area contributed by atoms with Crippen LogP contribution in [0.5, 0.6) is 5.75 Å². The highest BCUT2D eigenvalue weighted by atomic mass is 16.6.